The van der Waals surface area contributed by atoms with E-state index in [2.05, 4.69) is 5.32 Å². The van der Waals surface area contributed by atoms with E-state index in [0.717, 1.165) is 0 Å². The molecule has 0 aromatic heterocycles. The molecule has 0 aliphatic rings. The Morgan fingerprint density at radius 2 is 2.07 bits per heavy atom. The number of amides is 1. The molecule has 0 saturated heterocycles. The van der Waals surface area contributed by atoms with Crippen molar-refractivity contribution in [2.24, 2.45) is 5.73 Å². The van der Waals surface area contributed by atoms with Gasteiger partial charge in [-0.25, -0.2) is 4.79 Å². The summed E-state index contributed by atoms with van der Waals surface area (Å²) in [6.07, 6.45) is 0.227. The zero-order chi connectivity index (χ0) is 11.4. The van der Waals surface area contributed by atoms with Crippen molar-refractivity contribution in [1.29, 1.82) is 0 Å². The molecule has 82 valence electrons. The van der Waals surface area contributed by atoms with Gasteiger partial charge in [-0.05, 0) is 6.42 Å². The Labute approximate surface area is 79.3 Å². The van der Waals surface area contributed by atoms with Crippen molar-refractivity contribution in [3.8, 4) is 0 Å². The molecule has 0 heterocycles. The number of carboxylic acid groups (broad SMARTS) is 1. The Morgan fingerprint density at radius 1 is 1.57 bits per heavy atom. The van der Waals surface area contributed by atoms with E-state index >= 15 is 0 Å². The molecular weight excluding hydrogens is 198 g/mol. The highest BCUT2D eigenvalue weighted by Crippen LogP contribution is 2.12. The van der Waals surface area contributed by atoms with Crippen LogP contribution in [0.5, 0.6) is 0 Å². The minimum atomic E-state index is -3.89. The topological polar surface area (TPSA) is 92.4 Å². The molecule has 1 amide bonds. The molecule has 0 aliphatic carbocycles. The molecule has 5 nitrogen and oxygen atoms in total. The van der Waals surface area contributed by atoms with Crippen molar-refractivity contribution < 1.29 is 23.5 Å². The number of hydrogen-bond acceptors (Lipinski definition) is 3. The van der Waals surface area contributed by atoms with Crippen LogP contribution in [0.4, 0.5) is 8.78 Å². The second-order valence-electron chi connectivity index (χ2n) is 2.75. The smallest absolute Gasteiger partial charge is 0.375 e. The van der Waals surface area contributed by atoms with Gasteiger partial charge in [-0.15, -0.1) is 0 Å². The van der Waals surface area contributed by atoms with E-state index in [1.807, 2.05) is 0 Å². The summed E-state index contributed by atoms with van der Waals surface area (Å²) < 4.78 is 25.0. The fraction of sp³-hybridized carbons (Fsp3) is 0.714. The van der Waals surface area contributed by atoms with Gasteiger partial charge < -0.3 is 10.8 Å². The number of carbonyl (C=O) groups excluding carboxylic acids is 1. The monoisotopic (exact) mass is 210 g/mol. The number of rotatable bonds is 6. The standard InChI is InChI=1S/C7H12F2N2O3/c1-2-4(5(10)12)11-3-7(8,9)6(13)14/h4,11H,2-3H2,1H3,(H2,10,12)(H,13,14). The van der Waals surface area contributed by atoms with Crippen LogP contribution < -0.4 is 11.1 Å². The van der Waals surface area contributed by atoms with E-state index in [1.165, 1.54) is 0 Å². The van der Waals surface area contributed by atoms with Crippen molar-refractivity contribution in [2.75, 3.05) is 6.54 Å². The quantitative estimate of drug-likeness (QED) is 0.554. The maximum Gasteiger partial charge on any atom is 0.375 e. The normalized spacial score (nSPS) is 13.6. The number of nitrogens with one attached hydrogen (secondary N) is 1. The molecule has 0 radical (unpaired) electrons. The number of nitrogens with two attached hydrogens (primary N) is 1. The lowest BCUT2D eigenvalue weighted by Crippen LogP contribution is -2.48. The van der Waals surface area contributed by atoms with Gasteiger partial charge in [0.25, 0.3) is 0 Å². The minimum absolute atomic E-state index is 0.227. The van der Waals surface area contributed by atoms with Gasteiger partial charge in [0.2, 0.25) is 5.91 Å². The molecule has 7 heteroatoms. The summed E-state index contributed by atoms with van der Waals surface area (Å²) in [5, 5.41) is 10.1. The zero-order valence-electron chi connectivity index (χ0n) is 7.59. The Morgan fingerprint density at radius 3 is 2.36 bits per heavy atom. The number of primary amides is 1. The number of hydrogen-bond donors (Lipinski definition) is 3. The summed E-state index contributed by atoms with van der Waals surface area (Å²) in [5.41, 5.74) is 4.86. The zero-order valence-corrected chi connectivity index (χ0v) is 7.59. The second kappa shape index (κ2) is 4.85. The summed E-state index contributed by atoms with van der Waals surface area (Å²) in [4.78, 5) is 20.6. The molecule has 0 saturated carbocycles. The number of alkyl halides is 2. The van der Waals surface area contributed by atoms with E-state index in [4.69, 9.17) is 10.8 Å². The van der Waals surface area contributed by atoms with Crippen LogP contribution in [0.25, 0.3) is 0 Å². The Hall–Kier alpha value is -1.24. The van der Waals surface area contributed by atoms with E-state index in [0.29, 0.717) is 0 Å². The molecule has 0 aromatic rings. The highest BCUT2D eigenvalue weighted by atomic mass is 19.3. The van der Waals surface area contributed by atoms with Gasteiger partial charge in [-0.2, -0.15) is 8.78 Å². The summed E-state index contributed by atoms with van der Waals surface area (Å²) in [7, 11) is 0. The van der Waals surface area contributed by atoms with Gasteiger partial charge >= 0.3 is 11.9 Å². The maximum absolute atomic E-state index is 12.5. The maximum atomic E-state index is 12.5. The fourth-order valence-electron chi connectivity index (χ4n) is 0.773. The largest absolute Gasteiger partial charge is 0.477 e. The number of halogens is 2. The summed E-state index contributed by atoms with van der Waals surface area (Å²) in [6, 6.07) is -0.930. The van der Waals surface area contributed by atoms with Crippen LogP contribution in [0.3, 0.4) is 0 Å². The van der Waals surface area contributed by atoms with E-state index in [-0.39, 0.29) is 6.42 Å². The van der Waals surface area contributed by atoms with Crippen LogP contribution >= 0.6 is 0 Å². The molecule has 0 rings (SSSR count). The number of aliphatic carboxylic acids is 1. The van der Waals surface area contributed by atoms with Crippen molar-refractivity contribution >= 4 is 11.9 Å². The second-order valence-corrected chi connectivity index (χ2v) is 2.75. The van der Waals surface area contributed by atoms with E-state index in [9.17, 15) is 18.4 Å². The Kier molecular flexibility index (Phi) is 4.42. The molecule has 0 aromatic carbocycles. The van der Waals surface area contributed by atoms with Crippen molar-refractivity contribution in [1.82, 2.24) is 5.32 Å². The lowest BCUT2D eigenvalue weighted by atomic mass is 10.2. The first-order valence-corrected chi connectivity index (χ1v) is 3.95. The Balaban J connectivity index is 4.16. The van der Waals surface area contributed by atoms with Crippen LogP contribution in [-0.2, 0) is 9.59 Å². The van der Waals surface area contributed by atoms with Gasteiger partial charge in [0.15, 0.2) is 0 Å². The molecule has 0 fully saturated rings. The van der Waals surface area contributed by atoms with Gasteiger partial charge in [0, 0.05) is 0 Å². The molecule has 0 aliphatic heterocycles. The summed E-state index contributed by atoms with van der Waals surface area (Å²) in [5.74, 6) is -6.90. The van der Waals surface area contributed by atoms with E-state index in [1.54, 1.807) is 6.92 Å². The average molecular weight is 210 g/mol. The van der Waals surface area contributed by atoms with Gasteiger partial charge in [0.1, 0.15) is 0 Å². The number of carbonyl (C=O) groups is 2. The predicted octanol–water partition coefficient (Wildman–Crippen LogP) is -0.440. The third-order valence-corrected chi connectivity index (χ3v) is 1.64. The van der Waals surface area contributed by atoms with Gasteiger partial charge in [0.05, 0.1) is 12.6 Å². The molecule has 4 N–H and O–H groups in total. The summed E-state index contributed by atoms with van der Waals surface area (Å²) >= 11 is 0. The average Bonchev–Trinajstić information content (AvgIpc) is 2.04. The lowest BCUT2D eigenvalue weighted by molar-refractivity contribution is -0.164. The highest BCUT2D eigenvalue weighted by Gasteiger charge is 2.39. The van der Waals surface area contributed by atoms with Crippen LogP contribution in [0, 0.1) is 0 Å². The van der Waals surface area contributed by atoms with Crippen LogP contribution in [0.2, 0.25) is 0 Å². The van der Waals surface area contributed by atoms with Crippen molar-refractivity contribution in [3.63, 3.8) is 0 Å². The molecule has 0 bridgehead atoms. The minimum Gasteiger partial charge on any atom is -0.477 e. The first-order valence-electron chi connectivity index (χ1n) is 3.95. The fourth-order valence-corrected chi connectivity index (χ4v) is 0.773. The predicted molar refractivity (Wildman–Crippen MR) is 43.9 cm³/mol. The van der Waals surface area contributed by atoms with E-state index < -0.39 is 30.4 Å². The Bertz CT molecular complexity index is 233. The molecule has 1 unspecified atom stereocenters. The molecular formula is C7H12F2N2O3. The van der Waals surface area contributed by atoms with Crippen molar-refractivity contribution in [3.05, 3.63) is 0 Å². The third kappa shape index (κ3) is 3.65. The van der Waals surface area contributed by atoms with Crippen LogP contribution in [0.1, 0.15) is 13.3 Å². The van der Waals surface area contributed by atoms with Gasteiger partial charge in [-0.3, -0.25) is 10.1 Å². The molecule has 14 heavy (non-hydrogen) atoms. The first-order chi connectivity index (χ1) is 6.31. The molecule has 0 spiro atoms. The van der Waals surface area contributed by atoms with Crippen LogP contribution in [0.15, 0.2) is 0 Å². The third-order valence-electron chi connectivity index (χ3n) is 1.64. The first kappa shape index (κ1) is 12.8. The summed E-state index contributed by atoms with van der Waals surface area (Å²) in [6.45, 7) is 0.463. The van der Waals surface area contributed by atoms with Gasteiger partial charge in [-0.1, -0.05) is 6.92 Å². The SMILES string of the molecule is CCC(NCC(F)(F)C(=O)O)C(N)=O. The molecule has 1 atom stereocenters. The van der Waals surface area contributed by atoms with Crippen molar-refractivity contribution in [2.45, 2.75) is 25.3 Å². The van der Waals surface area contributed by atoms with Crippen LogP contribution in [-0.4, -0.2) is 35.5 Å². The lowest BCUT2D eigenvalue weighted by Gasteiger charge is -2.16. The highest BCUT2D eigenvalue weighted by molar-refractivity contribution is 5.80. The number of carboxylic acids is 1.